The van der Waals surface area contributed by atoms with E-state index in [-0.39, 0.29) is 6.54 Å². The van der Waals surface area contributed by atoms with Crippen LogP contribution in [0.2, 0.25) is 0 Å². The largest absolute Gasteiger partial charge is 0.303 e. The van der Waals surface area contributed by atoms with Crippen molar-refractivity contribution in [2.75, 3.05) is 19.3 Å². The van der Waals surface area contributed by atoms with Gasteiger partial charge in [-0.1, -0.05) is 12.8 Å². The number of hydrogen-bond acceptors (Lipinski definition) is 10. The minimum Gasteiger partial charge on any atom is -0.303 e. The van der Waals surface area contributed by atoms with Gasteiger partial charge >= 0.3 is 0 Å². The Morgan fingerprint density at radius 1 is 1.04 bits per heavy atom. The van der Waals surface area contributed by atoms with Crippen LogP contribution in [0, 0.1) is 0 Å². The van der Waals surface area contributed by atoms with E-state index >= 15 is 0 Å². The predicted molar refractivity (Wildman–Crippen MR) is 96.5 cm³/mol. The van der Waals surface area contributed by atoms with E-state index in [4.69, 9.17) is 5.73 Å². The van der Waals surface area contributed by atoms with E-state index in [1.807, 2.05) is 0 Å². The zero-order valence-corrected chi connectivity index (χ0v) is 16.2. The van der Waals surface area contributed by atoms with Crippen LogP contribution in [-0.4, -0.2) is 70.9 Å². The van der Waals surface area contributed by atoms with E-state index in [1.165, 1.54) is 0 Å². The number of hydrogen-bond donors (Lipinski definition) is 8. The highest BCUT2D eigenvalue weighted by Gasteiger charge is 2.36. The van der Waals surface area contributed by atoms with Gasteiger partial charge in [0.2, 0.25) is 10.0 Å². The highest BCUT2D eigenvalue weighted by molar-refractivity contribution is 7.88. The van der Waals surface area contributed by atoms with E-state index in [0.29, 0.717) is 19.4 Å². The lowest BCUT2D eigenvalue weighted by Gasteiger charge is -2.41. The third-order valence-corrected chi connectivity index (χ3v) is 6.39. The van der Waals surface area contributed by atoms with Crippen molar-refractivity contribution < 1.29 is 21.4 Å². The van der Waals surface area contributed by atoms with E-state index in [9.17, 15) is 21.4 Å². The molecule has 14 heteroatoms. The molecule has 1 aliphatic heterocycles. The summed E-state index contributed by atoms with van der Waals surface area (Å²) >= 11 is 0. The first-order valence-corrected chi connectivity index (χ1v) is 11.9. The molecular weight excluding hydrogens is 386 g/mol. The summed E-state index contributed by atoms with van der Waals surface area (Å²) in [6, 6.07) is -0.401. The van der Waals surface area contributed by atoms with Gasteiger partial charge in [-0.2, -0.15) is 8.42 Å². The molecule has 5 atom stereocenters. The van der Waals surface area contributed by atoms with Crippen LogP contribution in [0.25, 0.3) is 0 Å². The molecule has 154 valence electrons. The third-order valence-electron chi connectivity index (χ3n) is 4.33. The van der Waals surface area contributed by atoms with Crippen LogP contribution in [0.4, 0.5) is 0 Å². The van der Waals surface area contributed by atoms with Crippen LogP contribution >= 0.6 is 0 Å². The molecule has 1 saturated carbocycles. The first kappa shape index (κ1) is 21.9. The Morgan fingerprint density at radius 2 is 1.69 bits per heavy atom. The molecule has 0 aromatic rings. The standard InChI is InChI=1S/C12H29N7O5S2/c1-25(20,21)15-7-6-14-11-17-10(13)18-12(19-11)16-8-4-2-3-5-9(8)26(22,23)24/h8-12,14-19H,2-7,13H2,1H3,(H,22,23,24). The SMILES string of the molecule is CS(=O)(=O)NCCNC1NC(N)NC(NC2CCCCC2S(=O)(=O)O)N1. The second-order valence-corrected chi connectivity index (χ2v) is 10.0. The number of nitrogens with one attached hydrogen (secondary N) is 6. The maximum atomic E-state index is 11.6. The molecule has 2 aliphatic rings. The smallest absolute Gasteiger partial charge is 0.269 e. The zero-order valence-electron chi connectivity index (χ0n) is 14.6. The van der Waals surface area contributed by atoms with Gasteiger partial charge in [-0.3, -0.25) is 31.1 Å². The first-order valence-electron chi connectivity index (χ1n) is 8.49. The highest BCUT2D eigenvalue weighted by Crippen LogP contribution is 2.24. The molecule has 5 unspecified atom stereocenters. The number of nitrogens with two attached hydrogens (primary N) is 1. The van der Waals surface area contributed by atoms with Crippen molar-refractivity contribution in [3.8, 4) is 0 Å². The number of rotatable bonds is 8. The van der Waals surface area contributed by atoms with Gasteiger partial charge in [0, 0.05) is 19.1 Å². The van der Waals surface area contributed by atoms with Gasteiger partial charge in [-0.05, 0) is 12.8 Å². The molecule has 0 bridgehead atoms. The molecule has 1 saturated heterocycles. The second kappa shape index (κ2) is 9.18. The van der Waals surface area contributed by atoms with Gasteiger partial charge in [0.1, 0.15) is 24.1 Å². The molecule has 12 nitrogen and oxygen atoms in total. The Kier molecular flexibility index (Phi) is 7.73. The molecule has 9 N–H and O–H groups in total. The van der Waals surface area contributed by atoms with Crippen molar-refractivity contribution in [1.29, 1.82) is 0 Å². The van der Waals surface area contributed by atoms with Crippen LogP contribution in [-0.2, 0) is 20.1 Å². The Morgan fingerprint density at radius 3 is 2.35 bits per heavy atom. The minimum atomic E-state index is -4.13. The summed E-state index contributed by atoms with van der Waals surface area (Å²) in [5.74, 6) is 0. The molecule has 0 spiro atoms. The van der Waals surface area contributed by atoms with Gasteiger partial charge in [0.05, 0.1) is 6.26 Å². The molecular formula is C12H29N7O5S2. The zero-order chi connectivity index (χ0) is 19.4. The van der Waals surface area contributed by atoms with Crippen molar-refractivity contribution in [2.24, 2.45) is 5.73 Å². The lowest BCUT2D eigenvalue weighted by molar-refractivity contribution is 0.139. The molecule has 1 aliphatic carbocycles. The molecule has 0 aromatic carbocycles. The van der Waals surface area contributed by atoms with Gasteiger partial charge in [-0.15, -0.1) is 0 Å². The van der Waals surface area contributed by atoms with E-state index in [2.05, 4.69) is 31.3 Å². The predicted octanol–water partition coefficient (Wildman–Crippen LogP) is -3.49. The summed E-state index contributed by atoms with van der Waals surface area (Å²) in [5, 5.41) is 14.5. The molecule has 1 heterocycles. The van der Waals surface area contributed by atoms with Crippen molar-refractivity contribution in [3.63, 3.8) is 0 Å². The van der Waals surface area contributed by atoms with Crippen LogP contribution in [0.3, 0.4) is 0 Å². The fourth-order valence-corrected chi connectivity index (χ4v) is 4.76. The van der Waals surface area contributed by atoms with E-state index in [0.717, 1.165) is 19.1 Å². The average molecular weight is 416 g/mol. The fraction of sp³-hybridized carbons (Fsp3) is 1.00. The molecule has 26 heavy (non-hydrogen) atoms. The third kappa shape index (κ3) is 7.30. The monoisotopic (exact) mass is 415 g/mol. The van der Waals surface area contributed by atoms with Crippen LogP contribution < -0.4 is 37.0 Å². The Hall–Kier alpha value is -0.420. The number of sulfonamides is 1. The Bertz CT molecular complexity index is 659. The van der Waals surface area contributed by atoms with Crippen molar-refractivity contribution >= 4 is 20.1 Å². The van der Waals surface area contributed by atoms with E-state index in [1.54, 1.807) is 0 Å². The van der Waals surface area contributed by atoms with E-state index < -0.39 is 50.3 Å². The highest BCUT2D eigenvalue weighted by atomic mass is 32.2. The molecule has 0 amide bonds. The topological polar surface area (TPSA) is 187 Å². The summed E-state index contributed by atoms with van der Waals surface area (Å²) in [4.78, 5) is 0. The van der Waals surface area contributed by atoms with Gasteiger partial charge < -0.3 is 5.73 Å². The van der Waals surface area contributed by atoms with Crippen LogP contribution in [0.1, 0.15) is 25.7 Å². The molecule has 0 radical (unpaired) electrons. The van der Waals surface area contributed by atoms with Crippen molar-refractivity contribution in [2.45, 2.75) is 55.8 Å². The summed E-state index contributed by atoms with van der Waals surface area (Å²) < 4.78 is 57.1. The molecule has 0 aromatic heterocycles. The molecule has 2 fully saturated rings. The maximum Gasteiger partial charge on any atom is 0.269 e. The van der Waals surface area contributed by atoms with Gasteiger partial charge in [-0.25, -0.2) is 13.1 Å². The normalized spacial score (nSPS) is 33.9. The lowest BCUT2D eigenvalue weighted by Crippen LogP contribution is -2.78. The Balaban J connectivity index is 1.86. The quantitative estimate of drug-likeness (QED) is 0.145. The first-order chi connectivity index (χ1) is 12.0. The lowest BCUT2D eigenvalue weighted by atomic mass is 9.95. The summed E-state index contributed by atoms with van der Waals surface area (Å²) in [6.45, 7) is 0.571. The average Bonchev–Trinajstić information content (AvgIpc) is 2.50. The van der Waals surface area contributed by atoms with Crippen LogP contribution in [0.15, 0.2) is 0 Å². The summed E-state index contributed by atoms with van der Waals surface area (Å²) in [7, 11) is -7.38. The van der Waals surface area contributed by atoms with Crippen LogP contribution in [0.5, 0.6) is 0 Å². The fourth-order valence-electron chi connectivity index (χ4n) is 3.20. The van der Waals surface area contributed by atoms with Crippen molar-refractivity contribution in [1.82, 2.24) is 31.3 Å². The van der Waals surface area contributed by atoms with Gasteiger partial charge in [0.15, 0.2) is 0 Å². The van der Waals surface area contributed by atoms with Gasteiger partial charge in [0.25, 0.3) is 10.1 Å². The summed E-state index contributed by atoms with van der Waals surface area (Å²) in [5.41, 5.74) is 5.89. The Labute approximate surface area is 154 Å². The molecule has 2 rings (SSSR count). The second-order valence-electron chi connectivity index (χ2n) is 6.58. The summed E-state index contributed by atoms with van der Waals surface area (Å²) in [6.07, 6.45) is 2.28. The minimum absolute atomic E-state index is 0.215. The van der Waals surface area contributed by atoms with Crippen molar-refractivity contribution in [3.05, 3.63) is 0 Å². The maximum absolute atomic E-state index is 11.6.